The lowest BCUT2D eigenvalue weighted by atomic mass is 10.1. The molecule has 0 atom stereocenters. The molecule has 1 aromatic heterocycles. The Hall–Kier alpha value is -2.73. The van der Waals surface area contributed by atoms with Crippen molar-refractivity contribution in [3.63, 3.8) is 0 Å². The highest BCUT2D eigenvalue weighted by Gasteiger charge is 2.16. The van der Waals surface area contributed by atoms with E-state index >= 15 is 0 Å². The lowest BCUT2D eigenvalue weighted by Gasteiger charge is -2.08. The lowest BCUT2D eigenvalue weighted by Crippen LogP contribution is -1.94. The Morgan fingerprint density at radius 2 is 1.76 bits per heavy atom. The summed E-state index contributed by atoms with van der Waals surface area (Å²) < 4.78 is 5.63. The summed E-state index contributed by atoms with van der Waals surface area (Å²) >= 11 is 5.90. The fourth-order valence-corrected chi connectivity index (χ4v) is 2.13. The minimum Gasteiger partial charge on any atom is -0.436 e. The molecule has 0 aliphatic heterocycles. The van der Waals surface area contributed by atoms with Crippen LogP contribution < -0.4 is 4.74 Å². The quantitative estimate of drug-likeness (QED) is 0.540. The van der Waals surface area contributed by atoms with Gasteiger partial charge in [-0.2, -0.15) is 0 Å². The first kappa shape index (κ1) is 13.3. The third-order valence-electron chi connectivity index (χ3n) is 2.89. The number of aromatic nitrogens is 2. The molecule has 0 fully saturated rings. The van der Waals surface area contributed by atoms with Crippen molar-refractivity contribution in [3.05, 3.63) is 64.1 Å². The highest BCUT2D eigenvalue weighted by molar-refractivity contribution is 6.30. The first-order chi connectivity index (χ1) is 10.2. The van der Waals surface area contributed by atoms with Crippen LogP contribution in [0.25, 0.3) is 10.8 Å². The molecular weight excluding hydrogens is 294 g/mol. The fourth-order valence-electron chi connectivity index (χ4n) is 1.98. The fraction of sp³-hybridized carbons (Fsp3) is 0. The summed E-state index contributed by atoms with van der Waals surface area (Å²) in [5.41, 5.74) is 0.0168. The molecule has 0 amide bonds. The zero-order valence-corrected chi connectivity index (χ0v) is 11.3. The van der Waals surface area contributed by atoms with Crippen molar-refractivity contribution < 1.29 is 9.66 Å². The van der Waals surface area contributed by atoms with Crippen LogP contribution in [-0.2, 0) is 0 Å². The number of nitrogens with zero attached hydrogens (tertiary/aromatic N) is 3. The van der Waals surface area contributed by atoms with Gasteiger partial charge in [-0.05, 0) is 12.1 Å². The minimum absolute atomic E-state index is 0.0168. The maximum atomic E-state index is 11.1. The summed E-state index contributed by atoms with van der Waals surface area (Å²) in [6.45, 7) is 0. The highest BCUT2D eigenvalue weighted by Crippen LogP contribution is 2.35. The first-order valence-corrected chi connectivity index (χ1v) is 6.35. The van der Waals surface area contributed by atoms with E-state index in [4.69, 9.17) is 16.3 Å². The molecule has 6 nitrogen and oxygen atoms in total. The van der Waals surface area contributed by atoms with Crippen LogP contribution in [0.1, 0.15) is 0 Å². The second kappa shape index (κ2) is 5.34. The molecule has 0 saturated carbocycles. The van der Waals surface area contributed by atoms with Gasteiger partial charge in [0.1, 0.15) is 5.75 Å². The minimum atomic E-state index is -0.429. The average molecular weight is 302 g/mol. The van der Waals surface area contributed by atoms with Crippen molar-refractivity contribution in [1.29, 1.82) is 0 Å². The maximum Gasteiger partial charge on any atom is 0.277 e. The molecule has 2 aromatic carbocycles. The Bertz CT molecular complexity index is 839. The third kappa shape index (κ3) is 2.48. The zero-order chi connectivity index (χ0) is 14.8. The van der Waals surface area contributed by atoms with Crippen molar-refractivity contribution in [1.82, 2.24) is 9.97 Å². The molecule has 0 spiro atoms. The van der Waals surface area contributed by atoms with Gasteiger partial charge >= 0.3 is 0 Å². The number of nitro benzene ring substituents is 1. The topological polar surface area (TPSA) is 78.2 Å². The molecule has 0 bridgehead atoms. The van der Waals surface area contributed by atoms with Gasteiger partial charge in [-0.15, -0.1) is 0 Å². The Morgan fingerprint density at radius 1 is 1.05 bits per heavy atom. The van der Waals surface area contributed by atoms with E-state index in [1.54, 1.807) is 24.3 Å². The lowest BCUT2D eigenvalue weighted by molar-refractivity contribution is -0.383. The van der Waals surface area contributed by atoms with Gasteiger partial charge < -0.3 is 4.74 Å². The highest BCUT2D eigenvalue weighted by atomic mass is 35.5. The smallest absolute Gasteiger partial charge is 0.277 e. The second-order valence-corrected chi connectivity index (χ2v) is 4.50. The number of fused-ring (bicyclic) bond motifs is 1. The monoisotopic (exact) mass is 301 g/mol. The Labute approximate surface area is 124 Å². The van der Waals surface area contributed by atoms with E-state index < -0.39 is 4.92 Å². The van der Waals surface area contributed by atoms with E-state index in [1.165, 1.54) is 24.5 Å². The summed E-state index contributed by atoms with van der Waals surface area (Å²) in [5.74, 6) is 0.580. The van der Waals surface area contributed by atoms with Gasteiger partial charge in [0.25, 0.3) is 11.6 Å². The Kier molecular flexibility index (Phi) is 3.37. The van der Waals surface area contributed by atoms with Gasteiger partial charge in [0.2, 0.25) is 0 Å². The molecule has 0 aliphatic carbocycles. The van der Waals surface area contributed by atoms with Crippen molar-refractivity contribution in [3.8, 4) is 11.6 Å². The standard InChI is InChI=1S/C14H8ClN3O3/c15-13-14(17-8-7-16-13)21-12-6-5-11(18(19)20)9-3-1-2-4-10(9)12/h1-8H. The summed E-state index contributed by atoms with van der Waals surface area (Å²) in [6, 6.07) is 9.82. The number of ether oxygens (including phenoxy) is 1. The number of rotatable bonds is 3. The van der Waals surface area contributed by atoms with Gasteiger partial charge in [-0.25, -0.2) is 9.97 Å². The molecule has 0 N–H and O–H groups in total. The number of non-ortho nitro benzene ring substituents is 1. The van der Waals surface area contributed by atoms with E-state index in [0.717, 1.165) is 0 Å². The number of halogens is 1. The summed E-state index contributed by atoms with van der Waals surface area (Å²) in [4.78, 5) is 18.5. The molecule has 3 aromatic rings. The number of nitro groups is 1. The second-order valence-electron chi connectivity index (χ2n) is 4.14. The van der Waals surface area contributed by atoms with E-state index in [0.29, 0.717) is 16.5 Å². The molecular formula is C14H8ClN3O3. The SMILES string of the molecule is O=[N+]([O-])c1ccc(Oc2nccnc2Cl)c2ccccc12. The van der Waals surface area contributed by atoms with Crippen LogP contribution in [0.3, 0.4) is 0 Å². The summed E-state index contributed by atoms with van der Waals surface area (Å²) in [6.07, 6.45) is 2.90. The van der Waals surface area contributed by atoms with Crippen LogP contribution in [0.15, 0.2) is 48.8 Å². The third-order valence-corrected chi connectivity index (χ3v) is 3.15. The summed E-state index contributed by atoms with van der Waals surface area (Å²) in [7, 11) is 0. The predicted molar refractivity (Wildman–Crippen MR) is 77.7 cm³/mol. The van der Waals surface area contributed by atoms with Crippen molar-refractivity contribution in [2.24, 2.45) is 0 Å². The molecule has 3 rings (SSSR count). The van der Waals surface area contributed by atoms with Gasteiger partial charge in [0, 0.05) is 23.8 Å². The van der Waals surface area contributed by atoms with E-state index in [9.17, 15) is 10.1 Å². The van der Waals surface area contributed by atoms with E-state index in [1.807, 2.05) is 0 Å². The van der Waals surface area contributed by atoms with Gasteiger partial charge in [-0.3, -0.25) is 10.1 Å². The molecule has 0 radical (unpaired) electrons. The van der Waals surface area contributed by atoms with Crippen molar-refractivity contribution >= 4 is 28.1 Å². The molecule has 104 valence electrons. The van der Waals surface area contributed by atoms with Crippen LogP contribution >= 0.6 is 11.6 Å². The van der Waals surface area contributed by atoms with Crippen LogP contribution in [-0.4, -0.2) is 14.9 Å². The van der Waals surface area contributed by atoms with Crippen molar-refractivity contribution in [2.45, 2.75) is 0 Å². The maximum absolute atomic E-state index is 11.1. The predicted octanol–water partition coefficient (Wildman–Crippen LogP) is 3.98. The molecule has 0 aliphatic rings. The van der Waals surface area contributed by atoms with Crippen molar-refractivity contribution in [2.75, 3.05) is 0 Å². The van der Waals surface area contributed by atoms with Gasteiger partial charge in [0.15, 0.2) is 5.15 Å². The first-order valence-electron chi connectivity index (χ1n) is 5.97. The van der Waals surface area contributed by atoms with E-state index in [2.05, 4.69) is 9.97 Å². The van der Waals surface area contributed by atoms with Crippen LogP contribution in [0, 0.1) is 10.1 Å². The molecule has 0 saturated heterocycles. The number of hydrogen-bond donors (Lipinski definition) is 0. The van der Waals surface area contributed by atoms with Crippen LogP contribution in [0.5, 0.6) is 11.6 Å². The van der Waals surface area contributed by atoms with Crippen LogP contribution in [0.2, 0.25) is 5.15 Å². The summed E-state index contributed by atoms with van der Waals surface area (Å²) in [5, 5.41) is 12.3. The molecule has 21 heavy (non-hydrogen) atoms. The van der Waals surface area contributed by atoms with Gasteiger partial charge in [-0.1, -0.05) is 29.8 Å². The Morgan fingerprint density at radius 3 is 2.48 bits per heavy atom. The van der Waals surface area contributed by atoms with Crippen LogP contribution in [0.4, 0.5) is 5.69 Å². The van der Waals surface area contributed by atoms with Gasteiger partial charge in [0.05, 0.1) is 10.3 Å². The Balaban J connectivity index is 2.14. The molecule has 1 heterocycles. The molecule has 7 heteroatoms. The zero-order valence-electron chi connectivity index (χ0n) is 10.6. The average Bonchev–Trinajstić information content (AvgIpc) is 2.49. The number of hydrogen-bond acceptors (Lipinski definition) is 5. The normalized spacial score (nSPS) is 10.5. The number of benzene rings is 2. The molecule has 0 unspecified atom stereocenters. The van der Waals surface area contributed by atoms with E-state index in [-0.39, 0.29) is 16.7 Å². The largest absolute Gasteiger partial charge is 0.436 e.